The summed E-state index contributed by atoms with van der Waals surface area (Å²) in [4.78, 5) is 21.0. The highest BCUT2D eigenvalue weighted by molar-refractivity contribution is 6.30. The third kappa shape index (κ3) is 5.37. The average Bonchev–Trinajstić information content (AvgIpc) is 2.94. The predicted octanol–water partition coefficient (Wildman–Crippen LogP) is 4.46. The third-order valence-electron chi connectivity index (χ3n) is 5.74. The van der Waals surface area contributed by atoms with Gasteiger partial charge in [0, 0.05) is 50.5 Å². The molecule has 0 amide bonds. The van der Waals surface area contributed by atoms with Crippen molar-refractivity contribution in [3.63, 3.8) is 0 Å². The van der Waals surface area contributed by atoms with Crippen molar-refractivity contribution in [3.05, 3.63) is 52.3 Å². The number of amidine groups is 1. The molecule has 0 unspecified atom stereocenters. The summed E-state index contributed by atoms with van der Waals surface area (Å²) in [6, 6.07) is 8.06. The Morgan fingerprint density at radius 2 is 1.84 bits per heavy atom. The Labute approximate surface area is 200 Å². The number of carboxylic acids is 1. The zero-order chi connectivity index (χ0) is 20.8. The second kappa shape index (κ2) is 9.82. The highest BCUT2D eigenvalue weighted by atomic mass is 35.5. The van der Waals surface area contributed by atoms with Gasteiger partial charge < -0.3 is 14.6 Å². The van der Waals surface area contributed by atoms with Gasteiger partial charge in [-0.05, 0) is 56.2 Å². The summed E-state index contributed by atoms with van der Waals surface area (Å²) in [6.45, 7) is 10.3. The first-order valence-corrected chi connectivity index (χ1v) is 10.4. The van der Waals surface area contributed by atoms with Gasteiger partial charge in [0.25, 0.3) is 0 Å². The van der Waals surface area contributed by atoms with E-state index in [-0.39, 0.29) is 24.8 Å². The second-order valence-corrected chi connectivity index (χ2v) is 9.13. The molecule has 1 N–H and O–H groups in total. The van der Waals surface area contributed by atoms with Crippen molar-refractivity contribution in [1.29, 1.82) is 0 Å². The lowest BCUT2D eigenvalue weighted by molar-refractivity contribution is -0.148. The summed E-state index contributed by atoms with van der Waals surface area (Å²) in [5.41, 5.74) is 3.66. The highest BCUT2D eigenvalue weighted by Gasteiger charge is 2.32. The molecule has 0 saturated carbocycles. The number of carboxylic acid groups (broad SMARTS) is 1. The van der Waals surface area contributed by atoms with Crippen molar-refractivity contribution in [2.24, 2.45) is 10.4 Å². The molecule has 2 aliphatic rings. The minimum atomic E-state index is -0.753. The van der Waals surface area contributed by atoms with Crippen molar-refractivity contribution in [2.75, 3.05) is 32.7 Å². The molecule has 1 saturated heterocycles. The number of carbonyl (C=O) groups is 1. The van der Waals surface area contributed by atoms with Gasteiger partial charge in [-0.15, -0.1) is 24.8 Å². The molecule has 1 aromatic carbocycles. The maximum absolute atomic E-state index is 11.5. The van der Waals surface area contributed by atoms with E-state index in [0.29, 0.717) is 6.54 Å². The number of fused-ring (bicyclic) bond motifs is 2. The number of aryl methyl sites for hydroxylation is 1. The lowest BCUT2D eigenvalue weighted by Crippen LogP contribution is -2.52. The van der Waals surface area contributed by atoms with E-state index >= 15 is 0 Å². The number of aliphatic imine (C=N–C) groups is 1. The van der Waals surface area contributed by atoms with Crippen LogP contribution in [0.25, 0.3) is 0 Å². The number of benzene rings is 1. The van der Waals surface area contributed by atoms with Crippen LogP contribution in [0.2, 0.25) is 5.02 Å². The van der Waals surface area contributed by atoms with Gasteiger partial charge in [-0.3, -0.25) is 9.69 Å². The third-order valence-corrected chi connectivity index (χ3v) is 5.98. The molecule has 0 aliphatic carbocycles. The molecule has 1 aromatic heterocycles. The largest absolute Gasteiger partial charge is 0.481 e. The van der Waals surface area contributed by atoms with Gasteiger partial charge in [0.05, 0.1) is 16.8 Å². The number of piperazine rings is 1. The van der Waals surface area contributed by atoms with Gasteiger partial charge in [0.2, 0.25) is 0 Å². The first kappa shape index (κ1) is 25.5. The molecule has 170 valence electrons. The van der Waals surface area contributed by atoms with Crippen LogP contribution in [0.1, 0.15) is 30.7 Å². The van der Waals surface area contributed by atoms with Crippen LogP contribution in [0.3, 0.4) is 0 Å². The van der Waals surface area contributed by atoms with Crippen LogP contribution in [-0.2, 0) is 11.3 Å². The van der Waals surface area contributed by atoms with Crippen LogP contribution in [-0.4, -0.2) is 64.0 Å². The van der Waals surface area contributed by atoms with Crippen LogP contribution in [0.5, 0.6) is 0 Å². The highest BCUT2D eigenvalue weighted by Crippen LogP contribution is 2.30. The number of hydrogen-bond acceptors (Lipinski definition) is 4. The van der Waals surface area contributed by atoms with Crippen LogP contribution in [0.4, 0.5) is 5.69 Å². The van der Waals surface area contributed by atoms with Crippen molar-refractivity contribution < 1.29 is 9.90 Å². The molecule has 0 spiro atoms. The van der Waals surface area contributed by atoms with E-state index < -0.39 is 11.4 Å². The number of rotatable bonds is 3. The molecule has 2 aromatic rings. The van der Waals surface area contributed by atoms with Crippen molar-refractivity contribution >= 4 is 53.9 Å². The monoisotopic (exact) mass is 486 g/mol. The van der Waals surface area contributed by atoms with Gasteiger partial charge >= 0.3 is 5.97 Å². The van der Waals surface area contributed by atoms with Gasteiger partial charge in [-0.1, -0.05) is 11.6 Å². The molecule has 4 rings (SSSR count). The maximum atomic E-state index is 11.5. The van der Waals surface area contributed by atoms with Gasteiger partial charge in [-0.2, -0.15) is 0 Å². The SMILES string of the molecule is Cc1cc2n(c1)Cc1cc(Cl)ccc1N=C2N1CCN(CC(C)(C)C(=O)O)CC1.Cl.Cl. The smallest absolute Gasteiger partial charge is 0.310 e. The Hall–Kier alpha value is -1.73. The van der Waals surface area contributed by atoms with E-state index in [1.807, 2.05) is 18.2 Å². The summed E-state index contributed by atoms with van der Waals surface area (Å²) in [5.74, 6) is 0.230. The van der Waals surface area contributed by atoms with E-state index in [9.17, 15) is 9.90 Å². The Bertz CT molecular complexity index is 979. The summed E-state index contributed by atoms with van der Waals surface area (Å²) in [5, 5.41) is 10.1. The molecular weight excluding hydrogens is 459 g/mol. The van der Waals surface area contributed by atoms with E-state index in [1.165, 1.54) is 5.56 Å². The first-order chi connectivity index (χ1) is 13.7. The number of aliphatic carboxylic acids is 1. The number of halogens is 3. The second-order valence-electron chi connectivity index (χ2n) is 8.69. The number of nitrogens with zero attached hydrogens (tertiary/aromatic N) is 4. The normalized spacial score (nSPS) is 16.3. The minimum absolute atomic E-state index is 0. The molecule has 1 fully saturated rings. The number of aromatic nitrogens is 1. The molecule has 9 heteroatoms. The van der Waals surface area contributed by atoms with Gasteiger partial charge in [0.15, 0.2) is 5.84 Å². The molecule has 31 heavy (non-hydrogen) atoms. The van der Waals surface area contributed by atoms with Crippen LogP contribution >= 0.6 is 36.4 Å². The Morgan fingerprint density at radius 1 is 1.16 bits per heavy atom. The molecule has 0 atom stereocenters. The van der Waals surface area contributed by atoms with E-state index in [4.69, 9.17) is 16.6 Å². The van der Waals surface area contributed by atoms with Crippen LogP contribution in [0.15, 0.2) is 35.5 Å². The lowest BCUT2D eigenvalue weighted by atomic mass is 9.93. The van der Waals surface area contributed by atoms with E-state index in [0.717, 1.165) is 60.5 Å². The minimum Gasteiger partial charge on any atom is -0.481 e. The summed E-state index contributed by atoms with van der Waals surface area (Å²) < 4.78 is 2.25. The van der Waals surface area contributed by atoms with Gasteiger partial charge in [-0.25, -0.2) is 4.99 Å². The summed E-state index contributed by atoms with van der Waals surface area (Å²) >= 11 is 6.22. The van der Waals surface area contributed by atoms with Crippen molar-refractivity contribution in [1.82, 2.24) is 14.4 Å². The quantitative estimate of drug-likeness (QED) is 0.694. The molecule has 2 aliphatic heterocycles. The molecular formula is C22H29Cl3N4O2. The summed E-state index contributed by atoms with van der Waals surface area (Å²) in [6.07, 6.45) is 2.16. The molecule has 6 nitrogen and oxygen atoms in total. The summed E-state index contributed by atoms with van der Waals surface area (Å²) in [7, 11) is 0. The average molecular weight is 488 g/mol. The Kier molecular flexibility index (Phi) is 8.09. The van der Waals surface area contributed by atoms with Gasteiger partial charge in [0.1, 0.15) is 0 Å². The van der Waals surface area contributed by atoms with E-state index in [2.05, 4.69) is 33.6 Å². The fourth-order valence-corrected chi connectivity index (χ4v) is 4.29. The molecule has 0 bridgehead atoms. The standard InChI is InChI=1S/C22H27ClN4O2.2ClH/c1-15-10-19-20(24-18-5-4-17(23)11-16(18)13-27(19)12-15)26-8-6-25(7-9-26)14-22(2,3)21(28)29;;/h4-5,10-12H,6-9,13-14H2,1-3H3,(H,28,29);2*1H. The first-order valence-electron chi connectivity index (χ1n) is 9.98. The maximum Gasteiger partial charge on any atom is 0.310 e. The fraction of sp³-hybridized carbons (Fsp3) is 0.455. The topological polar surface area (TPSA) is 61.1 Å². The Morgan fingerprint density at radius 3 is 2.48 bits per heavy atom. The zero-order valence-corrected chi connectivity index (χ0v) is 20.4. The van der Waals surface area contributed by atoms with Crippen molar-refractivity contribution in [2.45, 2.75) is 27.3 Å². The van der Waals surface area contributed by atoms with Crippen molar-refractivity contribution in [3.8, 4) is 0 Å². The predicted molar refractivity (Wildman–Crippen MR) is 130 cm³/mol. The van der Waals surface area contributed by atoms with Crippen LogP contribution in [0, 0.1) is 12.3 Å². The Balaban J connectivity index is 0.00000171. The molecule has 0 radical (unpaired) electrons. The lowest BCUT2D eigenvalue weighted by Gasteiger charge is -2.38. The molecule has 3 heterocycles. The van der Waals surface area contributed by atoms with E-state index in [1.54, 1.807) is 13.8 Å². The van der Waals surface area contributed by atoms with Crippen LogP contribution < -0.4 is 0 Å². The fourth-order valence-electron chi connectivity index (χ4n) is 4.10. The number of hydrogen-bond donors (Lipinski definition) is 1. The zero-order valence-electron chi connectivity index (χ0n) is 18.0.